The monoisotopic (exact) mass is 152 g/mol. The molecule has 0 bridgehead atoms. The molecule has 0 heterocycles. The standard InChI is InChI=1S/C10H16O/c1-7-2-9-4-8(6-11)5-10(9)3-7/h6-10H,2-5H2,1H3/t7-,8?,9-,10+. The lowest BCUT2D eigenvalue weighted by Crippen LogP contribution is -1.98. The average Bonchev–Trinajstić information content (AvgIpc) is 2.43. The van der Waals surface area contributed by atoms with Crippen LogP contribution in [0.2, 0.25) is 0 Å². The van der Waals surface area contributed by atoms with Crippen LogP contribution in [0.25, 0.3) is 0 Å². The first-order chi connectivity index (χ1) is 5.29. The Balaban J connectivity index is 1.98. The predicted molar refractivity (Wildman–Crippen MR) is 44.2 cm³/mol. The van der Waals surface area contributed by atoms with Crippen LogP contribution in [0, 0.1) is 23.7 Å². The van der Waals surface area contributed by atoms with Crippen molar-refractivity contribution >= 4 is 6.29 Å². The quantitative estimate of drug-likeness (QED) is 0.527. The molecule has 1 nitrogen and oxygen atoms in total. The molecule has 2 fully saturated rings. The Morgan fingerprint density at radius 2 is 1.64 bits per heavy atom. The van der Waals surface area contributed by atoms with Crippen LogP contribution in [0.1, 0.15) is 32.6 Å². The van der Waals surface area contributed by atoms with Gasteiger partial charge in [-0.3, -0.25) is 0 Å². The minimum atomic E-state index is 0.414. The van der Waals surface area contributed by atoms with Crippen molar-refractivity contribution in [3.63, 3.8) is 0 Å². The fraction of sp³-hybridized carbons (Fsp3) is 0.900. The van der Waals surface area contributed by atoms with Crippen molar-refractivity contribution in [2.45, 2.75) is 32.6 Å². The predicted octanol–water partition coefficient (Wildman–Crippen LogP) is 2.26. The third-order valence-electron chi connectivity index (χ3n) is 3.48. The van der Waals surface area contributed by atoms with Gasteiger partial charge in [-0.1, -0.05) is 6.92 Å². The Morgan fingerprint density at radius 1 is 1.09 bits per heavy atom. The normalized spacial score (nSPS) is 49.2. The molecular formula is C10H16O. The highest BCUT2D eigenvalue weighted by molar-refractivity contribution is 5.54. The van der Waals surface area contributed by atoms with Gasteiger partial charge in [0.05, 0.1) is 0 Å². The first-order valence-corrected chi connectivity index (χ1v) is 4.75. The molecule has 4 atom stereocenters. The van der Waals surface area contributed by atoms with Gasteiger partial charge in [0, 0.05) is 5.92 Å². The van der Waals surface area contributed by atoms with E-state index < -0.39 is 0 Å². The number of aldehydes is 1. The lowest BCUT2D eigenvalue weighted by atomic mass is 10.0. The topological polar surface area (TPSA) is 17.1 Å². The van der Waals surface area contributed by atoms with E-state index in [1.165, 1.54) is 32.0 Å². The van der Waals surface area contributed by atoms with E-state index in [0.29, 0.717) is 5.92 Å². The van der Waals surface area contributed by atoms with E-state index in [1.807, 2.05) is 0 Å². The van der Waals surface area contributed by atoms with E-state index in [4.69, 9.17) is 0 Å². The fourth-order valence-electron chi connectivity index (χ4n) is 3.08. The SMILES string of the molecule is C[C@H]1C[C@H]2CC(C=O)C[C@H]2C1. The fourth-order valence-corrected chi connectivity index (χ4v) is 3.08. The Kier molecular flexibility index (Phi) is 1.74. The van der Waals surface area contributed by atoms with Gasteiger partial charge in [0.2, 0.25) is 0 Å². The van der Waals surface area contributed by atoms with Crippen molar-refractivity contribution in [1.29, 1.82) is 0 Å². The summed E-state index contributed by atoms with van der Waals surface area (Å²) in [6.45, 7) is 2.34. The summed E-state index contributed by atoms with van der Waals surface area (Å²) in [4.78, 5) is 10.5. The zero-order valence-corrected chi connectivity index (χ0v) is 7.12. The summed E-state index contributed by atoms with van der Waals surface area (Å²) in [6.07, 6.45) is 6.32. The van der Waals surface area contributed by atoms with Gasteiger partial charge in [-0.15, -0.1) is 0 Å². The van der Waals surface area contributed by atoms with E-state index in [2.05, 4.69) is 6.92 Å². The highest BCUT2D eigenvalue weighted by Crippen LogP contribution is 2.48. The lowest BCUT2D eigenvalue weighted by Gasteiger charge is -2.04. The van der Waals surface area contributed by atoms with E-state index in [-0.39, 0.29) is 0 Å². The first-order valence-electron chi connectivity index (χ1n) is 4.75. The second-order valence-corrected chi connectivity index (χ2v) is 4.46. The largest absolute Gasteiger partial charge is 0.303 e. The molecule has 1 heteroatoms. The van der Waals surface area contributed by atoms with Crippen molar-refractivity contribution in [1.82, 2.24) is 0 Å². The zero-order chi connectivity index (χ0) is 7.84. The van der Waals surface area contributed by atoms with Crippen molar-refractivity contribution in [3.8, 4) is 0 Å². The molecule has 0 saturated heterocycles. The highest BCUT2D eigenvalue weighted by Gasteiger charge is 2.39. The molecule has 0 amide bonds. The van der Waals surface area contributed by atoms with Crippen LogP contribution in [0.4, 0.5) is 0 Å². The van der Waals surface area contributed by atoms with Crippen LogP contribution in [-0.2, 0) is 4.79 Å². The second kappa shape index (κ2) is 2.62. The van der Waals surface area contributed by atoms with Gasteiger partial charge >= 0.3 is 0 Å². The van der Waals surface area contributed by atoms with Gasteiger partial charge < -0.3 is 4.79 Å². The molecule has 1 unspecified atom stereocenters. The van der Waals surface area contributed by atoms with Gasteiger partial charge in [0.15, 0.2) is 0 Å². The maximum atomic E-state index is 10.5. The number of fused-ring (bicyclic) bond motifs is 1. The molecule has 0 aromatic rings. The molecule has 11 heavy (non-hydrogen) atoms. The van der Waals surface area contributed by atoms with Gasteiger partial charge in [-0.2, -0.15) is 0 Å². The van der Waals surface area contributed by atoms with Crippen molar-refractivity contribution < 1.29 is 4.79 Å². The Hall–Kier alpha value is -0.330. The number of carbonyl (C=O) groups is 1. The maximum Gasteiger partial charge on any atom is 0.123 e. The Labute approximate surface area is 68.2 Å². The zero-order valence-electron chi connectivity index (χ0n) is 7.12. The molecule has 0 aromatic heterocycles. The third-order valence-corrected chi connectivity index (χ3v) is 3.48. The number of rotatable bonds is 1. The minimum Gasteiger partial charge on any atom is -0.303 e. The summed E-state index contributed by atoms with van der Waals surface area (Å²) in [5, 5.41) is 0. The number of hydrogen-bond acceptors (Lipinski definition) is 1. The molecular weight excluding hydrogens is 136 g/mol. The van der Waals surface area contributed by atoms with Crippen LogP contribution in [-0.4, -0.2) is 6.29 Å². The number of carbonyl (C=O) groups excluding carboxylic acids is 1. The maximum absolute atomic E-state index is 10.5. The number of hydrogen-bond donors (Lipinski definition) is 0. The lowest BCUT2D eigenvalue weighted by molar-refractivity contribution is -0.111. The summed E-state index contributed by atoms with van der Waals surface area (Å²) in [5.41, 5.74) is 0. The summed E-state index contributed by atoms with van der Waals surface area (Å²) >= 11 is 0. The average molecular weight is 152 g/mol. The first kappa shape index (κ1) is 7.33. The van der Waals surface area contributed by atoms with Gasteiger partial charge in [0.25, 0.3) is 0 Å². The summed E-state index contributed by atoms with van der Waals surface area (Å²) in [6, 6.07) is 0. The molecule has 0 N–H and O–H groups in total. The van der Waals surface area contributed by atoms with Gasteiger partial charge in [0.1, 0.15) is 6.29 Å². The van der Waals surface area contributed by atoms with E-state index in [0.717, 1.165) is 17.8 Å². The van der Waals surface area contributed by atoms with Crippen LogP contribution in [0.5, 0.6) is 0 Å². The molecule has 2 rings (SSSR count). The summed E-state index contributed by atoms with van der Waals surface area (Å²) < 4.78 is 0. The molecule has 0 aliphatic heterocycles. The van der Waals surface area contributed by atoms with Gasteiger partial charge in [-0.05, 0) is 43.4 Å². The van der Waals surface area contributed by atoms with Crippen LogP contribution < -0.4 is 0 Å². The Bertz CT molecular complexity index is 150. The van der Waals surface area contributed by atoms with E-state index in [9.17, 15) is 4.79 Å². The molecule has 0 aromatic carbocycles. The van der Waals surface area contributed by atoms with Crippen molar-refractivity contribution in [2.24, 2.45) is 23.7 Å². The van der Waals surface area contributed by atoms with Crippen LogP contribution in [0.3, 0.4) is 0 Å². The second-order valence-electron chi connectivity index (χ2n) is 4.46. The van der Waals surface area contributed by atoms with Crippen LogP contribution >= 0.6 is 0 Å². The molecule has 0 radical (unpaired) electrons. The smallest absolute Gasteiger partial charge is 0.123 e. The van der Waals surface area contributed by atoms with Crippen LogP contribution in [0.15, 0.2) is 0 Å². The highest BCUT2D eigenvalue weighted by atomic mass is 16.1. The van der Waals surface area contributed by atoms with E-state index >= 15 is 0 Å². The van der Waals surface area contributed by atoms with Gasteiger partial charge in [-0.25, -0.2) is 0 Å². The molecule has 0 spiro atoms. The molecule has 62 valence electrons. The summed E-state index contributed by atoms with van der Waals surface area (Å²) in [7, 11) is 0. The minimum absolute atomic E-state index is 0.414. The van der Waals surface area contributed by atoms with Crippen molar-refractivity contribution in [2.75, 3.05) is 0 Å². The summed E-state index contributed by atoms with van der Waals surface area (Å²) in [5.74, 6) is 3.15. The Morgan fingerprint density at radius 3 is 2.09 bits per heavy atom. The van der Waals surface area contributed by atoms with E-state index in [1.54, 1.807) is 0 Å². The molecule has 2 aliphatic carbocycles. The molecule has 2 saturated carbocycles. The molecule has 2 aliphatic rings. The third kappa shape index (κ3) is 1.21. The van der Waals surface area contributed by atoms with Crippen molar-refractivity contribution in [3.05, 3.63) is 0 Å².